The number of rotatable bonds is 1. The van der Waals surface area contributed by atoms with Crippen molar-refractivity contribution < 1.29 is 4.52 Å². The van der Waals surface area contributed by atoms with Crippen LogP contribution in [0.4, 0.5) is 5.69 Å². The van der Waals surface area contributed by atoms with Crippen molar-refractivity contribution >= 4 is 11.9 Å². The molecule has 1 aliphatic rings. The molecule has 4 nitrogen and oxygen atoms in total. The quantitative estimate of drug-likeness (QED) is 0.599. The number of allylic oxidation sites excluding steroid dienone is 1. The number of nitrogens with zero attached hydrogens (tertiary/aromatic N) is 3. The van der Waals surface area contributed by atoms with E-state index in [1.807, 2.05) is 17.2 Å². The summed E-state index contributed by atoms with van der Waals surface area (Å²) in [6.07, 6.45) is 8.82. The zero-order chi connectivity index (χ0) is 7.52. The highest BCUT2D eigenvalue weighted by Crippen LogP contribution is 2.13. The van der Waals surface area contributed by atoms with E-state index in [0.717, 1.165) is 5.69 Å². The van der Waals surface area contributed by atoms with Crippen LogP contribution in [0.15, 0.2) is 34.3 Å². The minimum atomic E-state index is 0.637. The summed E-state index contributed by atoms with van der Waals surface area (Å²) < 4.78 is 4.69. The highest BCUT2D eigenvalue weighted by Gasteiger charge is 2.04. The average molecular weight is 149 g/mol. The van der Waals surface area contributed by atoms with Gasteiger partial charge in [0.2, 0.25) is 0 Å². The Bertz CT molecular complexity index is 276. The minimum Gasteiger partial charge on any atom is -0.363 e. The van der Waals surface area contributed by atoms with E-state index in [9.17, 15) is 0 Å². The van der Waals surface area contributed by atoms with Gasteiger partial charge >= 0.3 is 0 Å². The topological polar surface area (TPSA) is 41.6 Å². The molecule has 0 N–H and O–H groups in total. The first kappa shape index (κ1) is 6.15. The first-order valence-electron chi connectivity index (χ1n) is 3.29. The lowest BCUT2D eigenvalue weighted by atomic mass is 10.4. The molecule has 0 spiro atoms. The lowest BCUT2D eigenvalue weighted by Gasteiger charge is -2.15. The number of aromatic nitrogens is 1. The van der Waals surface area contributed by atoms with Crippen LogP contribution >= 0.6 is 0 Å². The van der Waals surface area contributed by atoms with Crippen molar-refractivity contribution in [1.29, 1.82) is 0 Å². The van der Waals surface area contributed by atoms with Crippen LogP contribution in [0.1, 0.15) is 0 Å². The van der Waals surface area contributed by atoms with E-state index in [4.69, 9.17) is 4.52 Å². The minimum absolute atomic E-state index is 0.637. The highest BCUT2D eigenvalue weighted by molar-refractivity contribution is 5.73. The Hall–Kier alpha value is -1.58. The van der Waals surface area contributed by atoms with E-state index in [0.29, 0.717) is 6.67 Å². The van der Waals surface area contributed by atoms with Crippen molar-refractivity contribution in [1.82, 2.24) is 5.16 Å². The summed E-state index contributed by atoms with van der Waals surface area (Å²) in [5, 5.41) is 3.59. The fourth-order valence-electron chi connectivity index (χ4n) is 0.894. The van der Waals surface area contributed by atoms with E-state index >= 15 is 0 Å². The molecule has 0 radical (unpaired) electrons. The van der Waals surface area contributed by atoms with Crippen molar-refractivity contribution in [2.75, 3.05) is 11.6 Å². The van der Waals surface area contributed by atoms with Crippen molar-refractivity contribution in [2.24, 2.45) is 4.99 Å². The molecule has 1 aromatic rings. The summed E-state index contributed by atoms with van der Waals surface area (Å²) in [4.78, 5) is 6.00. The van der Waals surface area contributed by atoms with Crippen molar-refractivity contribution in [3.63, 3.8) is 0 Å². The number of hydrogen-bond acceptors (Lipinski definition) is 4. The van der Waals surface area contributed by atoms with E-state index in [2.05, 4.69) is 10.1 Å². The predicted molar refractivity (Wildman–Crippen MR) is 41.5 cm³/mol. The van der Waals surface area contributed by atoms with Gasteiger partial charge in [0.1, 0.15) is 18.6 Å². The molecule has 56 valence electrons. The Morgan fingerprint density at radius 1 is 1.55 bits per heavy atom. The Morgan fingerprint density at radius 2 is 2.55 bits per heavy atom. The normalized spacial score (nSPS) is 15.8. The van der Waals surface area contributed by atoms with Crippen molar-refractivity contribution in [2.45, 2.75) is 0 Å². The second-order valence-corrected chi connectivity index (χ2v) is 2.17. The number of aliphatic imine (C=N–C) groups is 1. The molecule has 2 heterocycles. The van der Waals surface area contributed by atoms with Crippen LogP contribution in [0, 0.1) is 0 Å². The predicted octanol–water partition coefficient (Wildman–Crippen LogP) is 1.04. The van der Waals surface area contributed by atoms with Gasteiger partial charge in [0.15, 0.2) is 0 Å². The summed E-state index contributed by atoms with van der Waals surface area (Å²) >= 11 is 0. The summed E-state index contributed by atoms with van der Waals surface area (Å²) in [7, 11) is 0. The van der Waals surface area contributed by atoms with Gasteiger partial charge in [-0.25, -0.2) is 0 Å². The highest BCUT2D eigenvalue weighted by atomic mass is 16.5. The van der Waals surface area contributed by atoms with Crippen LogP contribution in [-0.2, 0) is 0 Å². The smallest absolute Gasteiger partial charge is 0.147 e. The molecule has 4 heteroatoms. The molecule has 0 atom stereocenters. The monoisotopic (exact) mass is 149 g/mol. The van der Waals surface area contributed by atoms with Crippen molar-refractivity contribution in [3.05, 3.63) is 24.7 Å². The SMILES string of the molecule is C1=CN(c2cnoc2)CN=C1. The van der Waals surface area contributed by atoms with Gasteiger partial charge in [-0.15, -0.1) is 0 Å². The fourth-order valence-corrected chi connectivity index (χ4v) is 0.894. The maximum Gasteiger partial charge on any atom is 0.147 e. The van der Waals surface area contributed by atoms with Crippen LogP contribution in [0.5, 0.6) is 0 Å². The van der Waals surface area contributed by atoms with Gasteiger partial charge in [0, 0.05) is 12.4 Å². The Kier molecular flexibility index (Phi) is 1.44. The van der Waals surface area contributed by atoms with Gasteiger partial charge in [0.05, 0.1) is 6.20 Å². The van der Waals surface area contributed by atoms with Crippen LogP contribution in [0.2, 0.25) is 0 Å². The van der Waals surface area contributed by atoms with Crippen LogP contribution < -0.4 is 4.90 Å². The first-order valence-corrected chi connectivity index (χ1v) is 3.29. The molecule has 0 saturated heterocycles. The van der Waals surface area contributed by atoms with Gasteiger partial charge in [-0.1, -0.05) is 5.16 Å². The third-order valence-corrected chi connectivity index (χ3v) is 1.44. The summed E-state index contributed by atoms with van der Waals surface area (Å²) in [6.45, 7) is 0.637. The molecule has 1 aliphatic heterocycles. The van der Waals surface area contributed by atoms with Gasteiger partial charge in [-0.2, -0.15) is 0 Å². The van der Waals surface area contributed by atoms with Gasteiger partial charge in [-0.05, 0) is 6.08 Å². The summed E-state index contributed by atoms with van der Waals surface area (Å²) in [6, 6.07) is 0. The number of anilines is 1. The second-order valence-electron chi connectivity index (χ2n) is 2.17. The molecule has 11 heavy (non-hydrogen) atoms. The molecule has 0 fully saturated rings. The molecular weight excluding hydrogens is 142 g/mol. The number of hydrogen-bond donors (Lipinski definition) is 0. The lowest BCUT2D eigenvalue weighted by molar-refractivity contribution is 0.420. The molecule has 0 saturated carbocycles. The molecule has 2 rings (SSSR count). The molecule has 0 bridgehead atoms. The zero-order valence-electron chi connectivity index (χ0n) is 5.84. The maximum atomic E-state index is 4.69. The van der Waals surface area contributed by atoms with Crippen LogP contribution in [0.25, 0.3) is 0 Å². The van der Waals surface area contributed by atoms with Crippen molar-refractivity contribution in [3.8, 4) is 0 Å². The molecule has 0 aliphatic carbocycles. The lowest BCUT2D eigenvalue weighted by Crippen LogP contribution is -2.17. The fraction of sp³-hybridized carbons (Fsp3) is 0.143. The average Bonchev–Trinajstić information content (AvgIpc) is 2.58. The Labute approximate surface area is 63.8 Å². The largest absolute Gasteiger partial charge is 0.363 e. The van der Waals surface area contributed by atoms with E-state index < -0.39 is 0 Å². The standard InChI is InChI=1S/C7H7N3O/c1-2-8-6-10(3-1)7-4-9-11-5-7/h1-5H,6H2. The zero-order valence-corrected chi connectivity index (χ0v) is 5.84. The third kappa shape index (κ3) is 1.14. The summed E-state index contributed by atoms with van der Waals surface area (Å²) in [5.74, 6) is 0. The molecule has 0 amide bonds. The van der Waals surface area contributed by atoms with Gasteiger partial charge in [0.25, 0.3) is 0 Å². The first-order chi connectivity index (χ1) is 5.47. The van der Waals surface area contributed by atoms with Crippen LogP contribution in [-0.4, -0.2) is 18.0 Å². The van der Waals surface area contributed by atoms with E-state index in [-0.39, 0.29) is 0 Å². The molecule has 0 aromatic carbocycles. The summed E-state index contributed by atoms with van der Waals surface area (Å²) in [5.41, 5.74) is 0.929. The van der Waals surface area contributed by atoms with Crippen LogP contribution in [0.3, 0.4) is 0 Å². The molecule has 1 aromatic heterocycles. The van der Waals surface area contributed by atoms with Gasteiger partial charge in [-0.3, -0.25) is 4.99 Å². The Morgan fingerprint density at radius 3 is 3.18 bits per heavy atom. The molecule has 0 unspecified atom stereocenters. The third-order valence-electron chi connectivity index (χ3n) is 1.44. The van der Waals surface area contributed by atoms with E-state index in [1.54, 1.807) is 18.7 Å². The van der Waals surface area contributed by atoms with E-state index in [1.165, 1.54) is 0 Å². The maximum absolute atomic E-state index is 4.69. The second kappa shape index (κ2) is 2.57. The Balaban J connectivity index is 2.19. The molecular formula is C7H7N3O. The van der Waals surface area contributed by atoms with Gasteiger partial charge < -0.3 is 9.42 Å².